The van der Waals surface area contributed by atoms with Gasteiger partial charge in [-0.25, -0.2) is 4.98 Å². The highest BCUT2D eigenvalue weighted by Crippen LogP contribution is 2.17. The molecule has 6 heteroatoms. The summed E-state index contributed by atoms with van der Waals surface area (Å²) in [6.45, 7) is 1.47. The van der Waals surface area contributed by atoms with Crippen LogP contribution in [-0.4, -0.2) is 45.7 Å². The first-order valence-electron chi connectivity index (χ1n) is 7.23. The van der Waals surface area contributed by atoms with Crippen LogP contribution in [0.1, 0.15) is 5.56 Å². The summed E-state index contributed by atoms with van der Waals surface area (Å²) in [6.07, 6.45) is 5.00. The third-order valence-corrected chi connectivity index (χ3v) is 4.48. The van der Waals surface area contributed by atoms with Crippen LogP contribution in [0.25, 0.3) is 0 Å². The Kier molecular flexibility index (Phi) is 4.90. The van der Waals surface area contributed by atoms with Gasteiger partial charge in [0.15, 0.2) is 0 Å². The molecule has 22 heavy (non-hydrogen) atoms. The molecule has 1 aromatic carbocycles. The van der Waals surface area contributed by atoms with Crippen molar-refractivity contribution in [3.05, 3.63) is 54.5 Å². The number of hydrogen-bond acceptors (Lipinski definition) is 5. The van der Waals surface area contributed by atoms with E-state index in [0.717, 1.165) is 24.7 Å². The van der Waals surface area contributed by atoms with Crippen molar-refractivity contribution in [2.75, 3.05) is 24.2 Å². The van der Waals surface area contributed by atoms with Crippen LogP contribution < -0.4 is 5.32 Å². The second kappa shape index (κ2) is 7.26. The number of benzene rings is 1. The van der Waals surface area contributed by atoms with Gasteiger partial charge in [-0.1, -0.05) is 30.3 Å². The Hall–Kier alpha value is -2.08. The maximum absolute atomic E-state index is 12.1. The Balaban J connectivity index is 1.35. The Morgan fingerprint density at radius 3 is 2.82 bits per heavy atom. The lowest BCUT2D eigenvalue weighted by Gasteiger charge is -2.39. The molecule has 3 rings (SSSR count). The average Bonchev–Trinajstić information content (AvgIpc) is 2.52. The van der Waals surface area contributed by atoms with E-state index in [1.165, 1.54) is 5.56 Å². The number of aromatic nitrogens is 2. The second-order valence-corrected chi connectivity index (χ2v) is 6.19. The van der Waals surface area contributed by atoms with Crippen LogP contribution in [-0.2, 0) is 10.5 Å². The minimum atomic E-state index is 0.207. The summed E-state index contributed by atoms with van der Waals surface area (Å²) in [5, 5.41) is 3.27. The van der Waals surface area contributed by atoms with Gasteiger partial charge in [0.2, 0.25) is 5.91 Å². The summed E-state index contributed by atoms with van der Waals surface area (Å²) >= 11 is 1.66. The zero-order chi connectivity index (χ0) is 15.2. The van der Waals surface area contributed by atoms with Crippen LogP contribution in [0.5, 0.6) is 0 Å². The Bertz CT molecular complexity index is 602. The summed E-state index contributed by atoms with van der Waals surface area (Å²) in [7, 11) is 0. The van der Waals surface area contributed by atoms with Crippen molar-refractivity contribution in [3.8, 4) is 0 Å². The fourth-order valence-electron chi connectivity index (χ4n) is 2.28. The number of amides is 1. The van der Waals surface area contributed by atoms with Gasteiger partial charge >= 0.3 is 0 Å². The highest BCUT2D eigenvalue weighted by Gasteiger charge is 2.30. The molecule has 0 saturated carbocycles. The van der Waals surface area contributed by atoms with E-state index in [0.29, 0.717) is 5.75 Å². The van der Waals surface area contributed by atoms with E-state index in [1.54, 1.807) is 30.4 Å². The first-order valence-corrected chi connectivity index (χ1v) is 8.39. The number of carbonyl (C=O) groups excluding carboxylic acids is 1. The quantitative estimate of drug-likeness (QED) is 0.884. The minimum absolute atomic E-state index is 0.207. The third kappa shape index (κ3) is 3.98. The second-order valence-electron chi connectivity index (χ2n) is 5.21. The molecule has 2 heterocycles. The lowest BCUT2D eigenvalue weighted by atomic mass is 10.1. The van der Waals surface area contributed by atoms with Crippen molar-refractivity contribution in [1.29, 1.82) is 0 Å². The Morgan fingerprint density at radius 2 is 2.09 bits per heavy atom. The lowest BCUT2D eigenvalue weighted by molar-refractivity contribution is -0.132. The molecule has 1 saturated heterocycles. The highest BCUT2D eigenvalue weighted by atomic mass is 32.2. The first-order chi connectivity index (χ1) is 10.8. The summed E-state index contributed by atoms with van der Waals surface area (Å²) in [4.78, 5) is 22.1. The van der Waals surface area contributed by atoms with Gasteiger partial charge in [0, 0.05) is 31.2 Å². The largest absolute Gasteiger partial charge is 0.362 e. The van der Waals surface area contributed by atoms with E-state index in [1.807, 2.05) is 23.1 Å². The van der Waals surface area contributed by atoms with Crippen LogP contribution >= 0.6 is 11.8 Å². The topological polar surface area (TPSA) is 58.1 Å². The first kappa shape index (κ1) is 14.8. The van der Waals surface area contributed by atoms with Crippen molar-refractivity contribution >= 4 is 23.5 Å². The Labute approximate surface area is 134 Å². The zero-order valence-corrected chi connectivity index (χ0v) is 13.0. The Morgan fingerprint density at radius 1 is 1.27 bits per heavy atom. The van der Waals surface area contributed by atoms with Crippen molar-refractivity contribution < 1.29 is 4.79 Å². The highest BCUT2D eigenvalue weighted by molar-refractivity contribution is 7.99. The number of anilines is 1. The van der Waals surface area contributed by atoms with Gasteiger partial charge < -0.3 is 10.2 Å². The van der Waals surface area contributed by atoms with Gasteiger partial charge in [0.1, 0.15) is 5.82 Å². The molecular weight excluding hydrogens is 296 g/mol. The predicted molar refractivity (Wildman–Crippen MR) is 88.6 cm³/mol. The summed E-state index contributed by atoms with van der Waals surface area (Å²) < 4.78 is 0. The molecule has 114 valence electrons. The molecular formula is C16H18N4OS. The molecule has 2 aromatic rings. The van der Waals surface area contributed by atoms with E-state index in [2.05, 4.69) is 27.4 Å². The number of thioether (sulfide) groups is 1. The van der Waals surface area contributed by atoms with Crippen LogP contribution in [0.4, 0.5) is 5.82 Å². The molecule has 1 aliphatic rings. The van der Waals surface area contributed by atoms with Gasteiger partial charge in [-0.15, -0.1) is 11.8 Å². The summed E-state index contributed by atoms with van der Waals surface area (Å²) in [6, 6.07) is 10.5. The van der Waals surface area contributed by atoms with Crippen LogP contribution in [0.15, 0.2) is 48.9 Å². The fraction of sp³-hybridized carbons (Fsp3) is 0.312. The maximum Gasteiger partial charge on any atom is 0.232 e. The molecule has 1 N–H and O–H groups in total. The predicted octanol–water partition coefficient (Wildman–Crippen LogP) is 2.03. The molecule has 0 bridgehead atoms. The lowest BCUT2D eigenvalue weighted by Crippen LogP contribution is -2.57. The molecule has 1 aromatic heterocycles. The summed E-state index contributed by atoms with van der Waals surface area (Å²) in [5.74, 6) is 2.38. The van der Waals surface area contributed by atoms with Crippen molar-refractivity contribution in [3.63, 3.8) is 0 Å². The van der Waals surface area contributed by atoms with Crippen LogP contribution in [0.3, 0.4) is 0 Å². The molecule has 1 amide bonds. The minimum Gasteiger partial charge on any atom is -0.362 e. The van der Waals surface area contributed by atoms with E-state index in [-0.39, 0.29) is 11.9 Å². The van der Waals surface area contributed by atoms with Gasteiger partial charge in [-0.2, -0.15) is 0 Å². The SMILES string of the molecule is O=C(CSCc1ccccc1)N1CC(Nc2cnccn2)C1. The molecule has 0 aliphatic carbocycles. The number of nitrogens with one attached hydrogen (secondary N) is 1. The van der Waals surface area contributed by atoms with Crippen molar-refractivity contribution in [1.82, 2.24) is 14.9 Å². The fourth-order valence-corrected chi connectivity index (χ4v) is 3.17. The van der Waals surface area contributed by atoms with Crippen LogP contribution in [0.2, 0.25) is 0 Å². The third-order valence-electron chi connectivity index (χ3n) is 3.49. The standard InChI is InChI=1S/C16H18N4OS/c21-16(12-22-11-13-4-2-1-3-5-13)20-9-14(10-20)19-15-8-17-6-7-18-15/h1-8,14H,9-12H2,(H,18,19). The van der Waals surface area contributed by atoms with Crippen LogP contribution in [0, 0.1) is 0 Å². The summed E-state index contributed by atoms with van der Waals surface area (Å²) in [5.41, 5.74) is 1.26. The molecule has 5 nitrogen and oxygen atoms in total. The maximum atomic E-state index is 12.1. The van der Waals surface area contributed by atoms with Gasteiger partial charge in [0.25, 0.3) is 0 Å². The molecule has 0 unspecified atom stereocenters. The number of hydrogen-bond donors (Lipinski definition) is 1. The number of likely N-dealkylation sites (tertiary alicyclic amines) is 1. The average molecular weight is 314 g/mol. The van der Waals surface area contributed by atoms with E-state index in [4.69, 9.17) is 0 Å². The van der Waals surface area contributed by atoms with E-state index >= 15 is 0 Å². The normalized spacial score (nSPS) is 14.5. The van der Waals surface area contributed by atoms with Crippen molar-refractivity contribution in [2.45, 2.75) is 11.8 Å². The van der Waals surface area contributed by atoms with Gasteiger partial charge in [-0.3, -0.25) is 9.78 Å². The number of nitrogens with zero attached hydrogens (tertiary/aromatic N) is 3. The monoisotopic (exact) mass is 314 g/mol. The molecule has 0 atom stereocenters. The van der Waals surface area contributed by atoms with Gasteiger partial charge in [0.05, 0.1) is 18.0 Å². The smallest absolute Gasteiger partial charge is 0.232 e. The molecule has 1 aliphatic heterocycles. The molecule has 0 spiro atoms. The number of rotatable bonds is 6. The molecule has 0 radical (unpaired) electrons. The number of carbonyl (C=O) groups is 1. The molecule has 1 fully saturated rings. The van der Waals surface area contributed by atoms with E-state index in [9.17, 15) is 4.79 Å². The van der Waals surface area contributed by atoms with E-state index < -0.39 is 0 Å². The zero-order valence-electron chi connectivity index (χ0n) is 12.2. The van der Waals surface area contributed by atoms with Crippen molar-refractivity contribution in [2.24, 2.45) is 0 Å². The van der Waals surface area contributed by atoms with Gasteiger partial charge in [-0.05, 0) is 5.56 Å².